The van der Waals surface area contributed by atoms with Crippen molar-refractivity contribution < 1.29 is 14.3 Å². The molecule has 0 aliphatic heterocycles. The number of aromatic nitrogens is 1. The maximum Gasteiger partial charge on any atom is 0.252 e. The topological polar surface area (TPSA) is 63.7 Å². The van der Waals surface area contributed by atoms with Crippen molar-refractivity contribution in [2.24, 2.45) is 0 Å². The van der Waals surface area contributed by atoms with E-state index < -0.39 is 0 Å². The molecule has 0 saturated heterocycles. The monoisotopic (exact) mass is 345 g/mol. The highest BCUT2D eigenvalue weighted by Crippen LogP contribution is 2.22. The summed E-state index contributed by atoms with van der Waals surface area (Å²) in [6.45, 7) is 8.49. The van der Waals surface area contributed by atoms with Gasteiger partial charge in [-0.05, 0) is 19.2 Å². The molecule has 0 fully saturated rings. The van der Waals surface area contributed by atoms with Gasteiger partial charge in [0.15, 0.2) is 0 Å². The molecule has 1 amide bonds. The van der Waals surface area contributed by atoms with Crippen LogP contribution in [0.1, 0.15) is 24.2 Å². The van der Waals surface area contributed by atoms with Crippen LogP contribution in [0.2, 0.25) is 0 Å². The van der Waals surface area contributed by atoms with Crippen molar-refractivity contribution in [2.75, 3.05) is 46.5 Å². The van der Waals surface area contributed by atoms with Gasteiger partial charge in [0.1, 0.15) is 6.61 Å². The standard InChI is InChI=1S/C19H27N3O3/c1-4-22(5-2)11-10-20-19(23)16-14-18(25-13-12-24-3)21-17-9-7-6-8-15(16)17/h6-9,14H,4-5,10-13H2,1-3H3,(H,20,23). The van der Waals surface area contributed by atoms with Crippen LogP contribution in [0.5, 0.6) is 5.88 Å². The quantitative estimate of drug-likeness (QED) is 0.670. The molecule has 0 saturated carbocycles. The smallest absolute Gasteiger partial charge is 0.252 e. The lowest BCUT2D eigenvalue weighted by atomic mass is 10.1. The first-order valence-electron chi connectivity index (χ1n) is 8.71. The zero-order valence-electron chi connectivity index (χ0n) is 15.2. The van der Waals surface area contributed by atoms with Crippen molar-refractivity contribution in [3.8, 4) is 5.88 Å². The van der Waals surface area contributed by atoms with Crippen molar-refractivity contribution in [1.82, 2.24) is 15.2 Å². The molecule has 0 atom stereocenters. The van der Waals surface area contributed by atoms with E-state index in [1.807, 2.05) is 24.3 Å². The third-order valence-electron chi connectivity index (χ3n) is 4.08. The van der Waals surface area contributed by atoms with E-state index in [0.717, 1.165) is 30.5 Å². The summed E-state index contributed by atoms with van der Waals surface area (Å²) in [5.74, 6) is 0.326. The summed E-state index contributed by atoms with van der Waals surface area (Å²) >= 11 is 0. The van der Waals surface area contributed by atoms with Gasteiger partial charge >= 0.3 is 0 Å². The Hall–Kier alpha value is -2.18. The van der Waals surface area contributed by atoms with Gasteiger partial charge in [-0.3, -0.25) is 4.79 Å². The molecule has 0 spiro atoms. The second-order valence-corrected chi connectivity index (χ2v) is 5.65. The number of fused-ring (bicyclic) bond motifs is 1. The number of rotatable bonds is 10. The number of likely N-dealkylation sites (N-methyl/N-ethyl adjacent to an activating group) is 1. The number of nitrogens with one attached hydrogen (secondary N) is 1. The molecule has 0 radical (unpaired) electrons. The lowest BCUT2D eigenvalue weighted by molar-refractivity contribution is 0.0949. The molecular formula is C19H27N3O3. The van der Waals surface area contributed by atoms with Crippen molar-refractivity contribution in [2.45, 2.75) is 13.8 Å². The maximum atomic E-state index is 12.7. The highest BCUT2D eigenvalue weighted by Gasteiger charge is 2.13. The Kier molecular flexibility index (Phi) is 7.63. The predicted octanol–water partition coefficient (Wildman–Crippen LogP) is 2.33. The molecule has 136 valence electrons. The molecule has 6 nitrogen and oxygen atoms in total. The van der Waals surface area contributed by atoms with Gasteiger partial charge in [0.05, 0.1) is 17.7 Å². The molecule has 0 unspecified atom stereocenters. The average molecular weight is 345 g/mol. The van der Waals surface area contributed by atoms with Crippen LogP contribution in [-0.2, 0) is 4.74 Å². The molecule has 0 aliphatic carbocycles. The summed E-state index contributed by atoms with van der Waals surface area (Å²) < 4.78 is 10.6. The van der Waals surface area contributed by atoms with E-state index in [0.29, 0.717) is 31.2 Å². The summed E-state index contributed by atoms with van der Waals surface area (Å²) in [6.07, 6.45) is 0. The Morgan fingerprint density at radius 3 is 2.68 bits per heavy atom. The van der Waals surface area contributed by atoms with E-state index in [2.05, 4.69) is 29.0 Å². The number of nitrogens with zero attached hydrogens (tertiary/aromatic N) is 2. The number of carbonyl (C=O) groups is 1. The molecule has 1 aromatic heterocycles. The number of pyridine rings is 1. The minimum atomic E-state index is -0.109. The van der Waals surface area contributed by atoms with Crippen molar-refractivity contribution in [3.05, 3.63) is 35.9 Å². The maximum absolute atomic E-state index is 12.7. The Balaban J connectivity index is 2.15. The Labute approximate surface area is 149 Å². The Morgan fingerprint density at radius 1 is 1.20 bits per heavy atom. The molecule has 25 heavy (non-hydrogen) atoms. The Morgan fingerprint density at radius 2 is 1.96 bits per heavy atom. The number of ether oxygens (including phenoxy) is 2. The summed E-state index contributed by atoms with van der Waals surface area (Å²) in [5, 5.41) is 3.82. The predicted molar refractivity (Wildman–Crippen MR) is 99.2 cm³/mol. The zero-order chi connectivity index (χ0) is 18.1. The number of carbonyl (C=O) groups excluding carboxylic acids is 1. The van der Waals surface area contributed by atoms with Crippen LogP contribution in [0.15, 0.2) is 30.3 Å². The second kappa shape index (κ2) is 9.96. The van der Waals surface area contributed by atoms with Crippen LogP contribution in [0.25, 0.3) is 10.9 Å². The second-order valence-electron chi connectivity index (χ2n) is 5.65. The lowest BCUT2D eigenvalue weighted by Crippen LogP contribution is -2.34. The minimum Gasteiger partial charge on any atom is -0.475 e. The fourth-order valence-corrected chi connectivity index (χ4v) is 2.61. The van der Waals surface area contributed by atoms with Gasteiger partial charge in [-0.2, -0.15) is 0 Å². The first-order chi connectivity index (χ1) is 12.2. The van der Waals surface area contributed by atoms with Gasteiger partial charge < -0.3 is 19.7 Å². The fraction of sp³-hybridized carbons (Fsp3) is 0.474. The first-order valence-corrected chi connectivity index (χ1v) is 8.71. The number of hydrogen-bond donors (Lipinski definition) is 1. The number of amides is 1. The van der Waals surface area contributed by atoms with Crippen molar-refractivity contribution >= 4 is 16.8 Å². The molecular weight excluding hydrogens is 318 g/mol. The van der Waals surface area contributed by atoms with Gasteiger partial charge in [0.2, 0.25) is 5.88 Å². The SMILES string of the molecule is CCN(CC)CCNC(=O)c1cc(OCCOC)nc2ccccc12. The first kappa shape index (κ1) is 19.1. The number of para-hydroxylation sites is 1. The van der Waals surface area contributed by atoms with Crippen LogP contribution in [0, 0.1) is 0 Å². The van der Waals surface area contributed by atoms with Gasteiger partial charge in [-0.15, -0.1) is 0 Å². The summed E-state index contributed by atoms with van der Waals surface area (Å²) in [6, 6.07) is 9.29. The van der Waals surface area contributed by atoms with E-state index >= 15 is 0 Å². The average Bonchev–Trinajstić information content (AvgIpc) is 2.64. The van der Waals surface area contributed by atoms with Gasteiger partial charge in [0, 0.05) is 31.7 Å². The van der Waals surface area contributed by atoms with Crippen LogP contribution in [0.3, 0.4) is 0 Å². The Bertz CT molecular complexity index is 687. The molecule has 2 aromatic rings. The lowest BCUT2D eigenvalue weighted by Gasteiger charge is -2.18. The highest BCUT2D eigenvalue weighted by atomic mass is 16.5. The van der Waals surface area contributed by atoms with Crippen LogP contribution < -0.4 is 10.1 Å². The molecule has 1 heterocycles. The zero-order valence-corrected chi connectivity index (χ0v) is 15.2. The number of methoxy groups -OCH3 is 1. The fourth-order valence-electron chi connectivity index (χ4n) is 2.61. The van der Waals surface area contributed by atoms with E-state index in [1.165, 1.54) is 0 Å². The van der Waals surface area contributed by atoms with Gasteiger partial charge in [0.25, 0.3) is 5.91 Å². The molecule has 6 heteroatoms. The third kappa shape index (κ3) is 5.41. The van der Waals surface area contributed by atoms with E-state index in [9.17, 15) is 4.79 Å². The van der Waals surface area contributed by atoms with Gasteiger partial charge in [-0.1, -0.05) is 32.0 Å². The molecule has 1 N–H and O–H groups in total. The van der Waals surface area contributed by atoms with Crippen molar-refractivity contribution in [1.29, 1.82) is 0 Å². The minimum absolute atomic E-state index is 0.109. The normalized spacial score (nSPS) is 11.0. The number of benzene rings is 1. The summed E-state index contributed by atoms with van der Waals surface area (Å²) in [7, 11) is 1.62. The molecule has 0 aliphatic rings. The molecule has 0 bridgehead atoms. The van der Waals surface area contributed by atoms with E-state index in [1.54, 1.807) is 13.2 Å². The highest BCUT2D eigenvalue weighted by molar-refractivity contribution is 6.06. The molecule has 2 rings (SSSR count). The van der Waals surface area contributed by atoms with Crippen molar-refractivity contribution in [3.63, 3.8) is 0 Å². The summed E-state index contributed by atoms with van der Waals surface area (Å²) in [5.41, 5.74) is 1.32. The van der Waals surface area contributed by atoms with E-state index in [4.69, 9.17) is 9.47 Å². The van der Waals surface area contributed by atoms with Crippen LogP contribution in [0.4, 0.5) is 0 Å². The largest absolute Gasteiger partial charge is 0.475 e. The third-order valence-corrected chi connectivity index (χ3v) is 4.08. The number of hydrogen-bond acceptors (Lipinski definition) is 5. The summed E-state index contributed by atoms with van der Waals surface area (Å²) in [4.78, 5) is 19.4. The van der Waals surface area contributed by atoms with Crippen LogP contribution >= 0.6 is 0 Å². The van der Waals surface area contributed by atoms with Crippen LogP contribution in [-0.4, -0.2) is 62.3 Å². The van der Waals surface area contributed by atoms with Gasteiger partial charge in [-0.25, -0.2) is 4.98 Å². The van der Waals surface area contributed by atoms with E-state index in [-0.39, 0.29) is 5.91 Å². The molecule has 1 aromatic carbocycles.